The lowest BCUT2D eigenvalue weighted by Gasteiger charge is -2.09. The van der Waals surface area contributed by atoms with Crippen LogP contribution >= 0.6 is 0 Å². The Hall–Kier alpha value is -1.84. The van der Waals surface area contributed by atoms with Crippen molar-refractivity contribution in [2.45, 2.75) is 26.2 Å². The molecule has 0 aliphatic rings. The second-order valence-corrected chi connectivity index (χ2v) is 4.61. The minimum atomic E-state index is -1.17. The summed E-state index contributed by atoms with van der Waals surface area (Å²) in [6.07, 6.45) is 2.02. The summed E-state index contributed by atoms with van der Waals surface area (Å²) in [5, 5.41) is 0. The van der Waals surface area contributed by atoms with Gasteiger partial charge in [-0.2, -0.15) is 0 Å². The number of hydrogen-bond acceptors (Lipinski definition) is 0. The van der Waals surface area contributed by atoms with Gasteiger partial charge >= 0.3 is 0 Å². The average Bonchev–Trinajstić information content (AvgIpc) is 2.44. The topological polar surface area (TPSA) is 0 Å². The smallest absolute Gasteiger partial charge is 0.167 e. The van der Waals surface area contributed by atoms with Crippen LogP contribution < -0.4 is 0 Å². The van der Waals surface area contributed by atoms with Gasteiger partial charge in [-0.3, -0.25) is 0 Å². The van der Waals surface area contributed by atoms with Crippen LogP contribution in [0.2, 0.25) is 0 Å². The summed E-state index contributed by atoms with van der Waals surface area (Å²) < 4.78 is 54.7. The van der Waals surface area contributed by atoms with Crippen molar-refractivity contribution in [1.82, 2.24) is 0 Å². The van der Waals surface area contributed by atoms with Gasteiger partial charge in [-0.05, 0) is 24.5 Å². The van der Waals surface area contributed by atoms with Gasteiger partial charge in [0, 0.05) is 11.1 Å². The van der Waals surface area contributed by atoms with Crippen molar-refractivity contribution in [2.75, 3.05) is 0 Å². The molecule has 0 unspecified atom stereocenters. The van der Waals surface area contributed by atoms with E-state index in [0.717, 1.165) is 18.9 Å². The molecule has 0 spiro atoms. The number of aryl methyl sites for hydroxylation is 1. The predicted octanol–water partition coefficient (Wildman–Crippen LogP) is 5.25. The van der Waals surface area contributed by atoms with Crippen LogP contribution in [0.4, 0.5) is 17.6 Å². The van der Waals surface area contributed by atoms with Gasteiger partial charge in [0.15, 0.2) is 23.3 Å². The second-order valence-electron chi connectivity index (χ2n) is 4.61. The highest BCUT2D eigenvalue weighted by Gasteiger charge is 2.18. The first-order valence-corrected chi connectivity index (χ1v) is 6.47. The molecule has 0 saturated carbocycles. The summed E-state index contributed by atoms with van der Waals surface area (Å²) in [5.41, 5.74) is -0.284. The van der Waals surface area contributed by atoms with Crippen LogP contribution in [-0.4, -0.2) is 0 Å². The Morgan fingerprint density at radius 1 is 0.800 bits per heavy atom. The zero-order valence-electron chi connectivity index (χ0n) is 11.0. The maximum atomic E-state index is 14.0. The van der Waals surface area contributed by atoms with Gasteiger partial charge in [-0.15, -0.1) is 0 Å². The molecular weight excluding hydrogens is 268 g/mol. The Kier molecular flexibility index (Phi) is 4.42. The van der Waals surface area contributed by atoms with Crippen molar-refractivity contribution < 1.29 is 17.6 Å². The molecule has 0 radical (unpaired) electrons. The summed E-state index contributed by atoms with van der Waals surface area (Å²) in [6, 6.07) is 6.13. The van der Waals surface area contributed by atoms with Crippen molar-refractivity contribution in [1.29, 1.82) is 0 Å². The minimum Gasteiger partial charge on any atom is -0.204 e. The lowest BCUT2D eigenvalue weighted by Crippen LogP contribution is -1.99. The van der Waals surface area contributed by atoms with Gasteiger partial charge < -0.3 is 0 Å². The molecule has 2 rings (SSSR count). The number of unbranched alkanes of at least 4 members (excludes halogenated alkanes) is 1. The van der Waals surface area contributed by atoms with Crippen molar-refractivity contribution in [3.8, 4) is 11.1 Å². The summed E-state index contributed by atoms with van der Waals surface area (Å²) in [6.45, 7) is 1.95. The van der Waals surface area contributed by atoms with Crippen molar-refractivity contribution >= 4 is 0 Å². The molecule has 106 valence electrons. The van der Waals surface area contributed by atoms with Gasteiger partial charge in [0.1, 0.15) is 0 Å². The zero-order chi connectivity index (χ0) is 14.7. The van der Waals surface area contributed by atoms with E-state index in [-0.39, 0.29) is 16.7 Å². The molecule has 0 bridgehead atoms. The van der Waals surface area contributed by atoms with E-state index in [2.05, 4.69) is 0 Å². The van der Waals surface area contributed by atoms with E-state index in [1.54, 1.807) is 0 Å². The molecule has 2 aromatic rings. The first-order valence-electron chi connectivity index (χ1n) is 6.47. The summed E-state index contributed by atoms with van der Waals surface area (Å²) in [7, 11) is 0. The number of benzene rings is 2. The highest BCUT2D eigenvalue weighted by atomic mass is 19.2. The third-order valence-electron chi connectivity index (χ3n) is 3.20. The van der Waals surface area contributed by atoms with E-state index in [0.29, 0.717) is 6.42 Å². The van der Waals surface area contributed by atoms with Crippen LogP contribution in [0.25, 0.3) is 11.1 Å². The maximum absolute atomic E-state index is 14.0. The first-order chi connectivity index (χ1) is 9.56. The van der Waals surface area contributed by atoms with Crippen LogP contribution in [0.15, 0.2) is 30.3 Å². The quantitative estimate of drug-likeness (QED) is 0.672. The lowest BCUT2D eigenvalue weighted by molar-refractivity contribution is 0.494. The molecule has 0 nitrogen and oxygen atoms in total. The van der Waals surface area contributed by atoms with Gasteiger partial charge in [-0.1, -0.05) is 37.6 Å². The fraction of sp³-hybridized carbons (Fsp3) is 0.250. The Morgan fingerprint density at radius 2 is 1.50 bits per heavy atom. The van der Waals surface area contributed by atoms with E-state index in [1.807, 2.05) is 6.92 Å². The van der Waals surface area contributed by atoms with Gasteiger partial charge in [0.25, 0.3) is 0 Å². The molecule has 0 fully saturated rings. The molecule has 0 aromatic heterocycles. The van der Waals surface area contributed by atoms with Crippen LogP contribution in [0, 0.1) is 23.3 Å². The third kappa shape index (κ3) is 2.69. The van der Waals surface area contributed by atoms with Gasteiger partial charge in [-0.25, -0.2) is 17.6 Å². The van der Waals surface area contributed by atoms with Crippen LogP contribution in [-0.2, 0) is 6.42 Å². The molecule has 4 heteroatoms. The number of hydrogen-bond donors (Lipinski definition) is 0. The fourth-order valence-electron chi connectivity index (χ4n) is 2.07. The van der Waals surface area contributed by atoms with Crippen molar-refractivity contribution in [2.24, 2.45) is 0 Å². The Morgan fingerprint density at radius 3 is 2.20 bits per heavy atom. The largest absolute Gasteiger partial charge is 0.204 e. The molecule has 20 heavy (non-hydrogen) atoms. The van der Waals surface area contributed by atoms with Crippen molar-refractivity contribution in [3.63, 3.8) is 0 Å². The standard InChI is InChI=1S/C16H14F4/c1-2-3-5-10-8-9-12(16(20)14(10)18)11-6-4-7-13(17)15(11)19/h4,6-9H,2-3,5H2,1H3. The third-order valence-corrected chi connectivity index (χ3v) is 3.20. The summed E-state index contributed by atoms with van der Waals surface area (Å²) in [5.74, 6) is -4.38. The van der Waals surface area contributed by atoms with E-state index in [1.165, 1.54) is 24.3 Å². The molecule has 0 amide bonds. The van der Waals surface area contributed by atoms with Crippen LogP contribution in [0.1, 0.15) is 25.3 Å². The monoisotopic (exact) mass is 282 g/mol. The molecular formula is C16H14F4. The molecule has 0 atom stereocenters. The molecule has 0 N–H and O–H groups in total. The van der Waals surface area contributed by atoms with E-state index in [9.17, 15) is 17.6 Å². The Labute approximate surface area is 115 Å². The Bertz CT molecular complexity index is 620. The second kappa shape index (κ2) is 6.07. The van der Waals surface area contributed by atoms with E-state index < -0.39 is 23.3 Å². The predicted molar refractivity (Wildman–Crippen MR) is 70.3 cm³/mol. The van der Waals surface area contributed by atoms with E-state index >= 15 is 0 Å². The minimum absolute atomic E-state index is 0.255. The average molecular weight is 282 g/mol. The zero-order valence-corrected chi connectivity index (χ0v) is 11.0. The normalized spacial score (nSPS) is 10.8. The van der Waals surface area contributed by atoms with Gasteiger partial charge in [0.05, 0.1) is 0 Å². The number of rotatable bonds is 4. The van der Waals surface area contributed by atoms with Crippen LogP contribution in [0.5, 0.6) is 0 Å². The SMILES string of the molecule is CCCCc1ccc(-c2cccc(F)c2F)c(F)c1F. The first kappa shape index (κ1) is 14.6. The Balaban J connectivity index is 2.48. The molecule has 0 heterocycles. The maximum Gasteiger partial charge on any atom is 0.167 e. The van der Waals surface area contributed by atoms with Crippen LogP contribution in [0.3, 0.4) is 0 Å². The summed E-state index contributed by atoms with van der Waals surface area (Å²) >= 11 is 0. The molecule has 0 saturated heterocycles. The highest BCUT2D eigenvalue weighted by molar-refractivity contribution is 5.65. The van der Waals surface area contributed by atoms with E-state index in [4.69, 9.17) is 0 Å². The molecule has 0 aliphatic carbocycles. The summed E-state index contributed by atoms with van der Waals surface area (Å²) in [4.78, 5) is 0. The van der Waals surface area contributed by atoms with Crippen molar-refractivity contribution in [3.05, 3.63) is 59.2 Å². The molecule has 2 aromatic carbocycles. The number of halogens is 4. The molecule has 0 aliphatic heterocycles. The van der Waals surface area contributed by atoms with Gasteiger partial charge in [0.2, 0.25) is 0 Å². The fourth-order valence-corrected chi connectivity index (χ4v) is 2.07. The highest BCUT2D eigenvalue weighted by Crippen LogP contribution is 2.29. The lowest BCUT2D eigenvalue weighted by atomic mass is 9.99.